The van der Waals surface area contributed by atoms with E-state index in [1.165, 1.54) is 21.9 Å². The van der Waals surface area contributed by atoms with Crippen molar-refractivity contribution in [3.8, 4) is 5.75 Å². The maximum absolute atomic E-state index is 6.74. The smallest absolute Gasteiger partial charge is 0.203 e. The van der Waals surface area contributed by atoms with Crippen molar-refractivity contribution in [3.63, 3.8) is 0 Å². The van der Waals surface area contributed by atoms with Crippen LogP contribution in [0.15, 0.2) is 70.2 Å². The monoisotopic (exact) mass is 476 g/mol. The summed E-state index contributed by atoms with van der Waals surface area (Å²) >= 11 is 3.65. The molecule has 0 unspecified atom stereocenters. The molecule has 0 saturated carbocycles. The third-order valence-electron chi connectivity index (χ3n) is 6.73. The van der Waals surface area contributed by atoms with E-state index in [2.05, 4.69) is 95.5 Å². The zero-order valence-electron chi connectivity index (χ0n) is 17.8. The van der Waals surface area contributed by atoms with Gasteiger partial charge in [-0.05, 0) is 54.4 Å². The van der Waals surface area contributed by atoms with Crippen LogP contribution in [-0.2, 0) is 4.74 Å². The zero-order chi connectivity index (χ0) is 21.2. The van der Waals surface area contributed by atoms with E-state index in [-0.39, 0.29) is 11.6 Å². The fraction of sp³-hybridized carbons (Fsp3) is 0.346. The Morgan fingerprint density at radius 2 is 1.87 bits per heavy atom. The number of benzene rings is 3. The summed E-state index contributed by atoms with van der Waals surface area (Å²) in [5, 5.41) is 9.96. The molecule has 0 aromatic heterocycles. The predicted molar refractivity (Wildman–Crippen MR) is 126 cm³/mol. The van der Waals surface area contributed by atoms with Gasteiger partial charge in [0.15, 0.2) is 0 Å². The van der Waals surface area contributed by atoms with Crippen molar-refractivity contribution in [1.82, 2.24) is 5.01 Å². The quantitative estimate of drug-likeness (QED) is 0.405. The lowest BCUT2D eigenvalue weighted by molar-refractivity contribution is -0.212. The fourth-order valence-electron chi connectivity index (χ4n) is 5.37. The average Bonchev–Trinajstić information content (AvgIpc) is 3.20. The van der Waals surface area contributed by atoms with Gasteiger partial charge in [0.05, 0.1) is 24.0 Å². The van der Waals surface area contributed by atoms with Gasteiger partial charge in [-0.1, -0.05) is 52.3 Å². The molecule has 1 saturated heterocycles. The van der Waals surface area contributed by atoms with Gasteiger partial charge in [0.2, 0.25) is 5.72 Å². The molecule has 0 amide bonds. The van der Waals surface area contributed by atoms with E-state index in [0.717, 1.165) is 35.2 Å². The highest BCUT2D eigenvalue weighted by molar-refractivity contribution is 9.10. The second kappa shape index (κ2) is 6.81. The summed E-state index contributed by atoms with van der Waals surface area (Å²) in [4.78, 5) is 0. The second-order valence-electron chi connectivity index (χ2n) is 9.44. The van der Waals surface area contributed by atoms with Crippen molar-refractivity contribution in [1.29, 1.82) is 0 Å². The van der Waals surface area contributed by atoms with Crippen LogP contribution in [0.2, 0.25) is 0 Å². The predicted octanol–water partition coefficient (Wildman–Crippen LogP) is 6.43. The molecule has 3 aromatic carbocycles. The van der Waals surface area contributed by atoms with Crippen LogP contribution in [0.1, 0.15) is 50.3 Å². The average molecular weight is 477 g/mol. The maximum atomic E-state index is 6.74. The van der Waals surface area contributed by atoms with Crippen molar-refractivity contribution in [3.05, 3.63) is 76.3 Å². The molecule has 2 atom stereocenters. The zero-order valence-corrected chi connectivity index (χ0v) is 19.4. The lowest BCUT2D eigenvalue weighted by Gasteiger charge is -2.52. The van der Waals surface area contributed by atoms with Gasteiger partial charge in [0, 0.05) is 29.3 Å². The van der Waals surface area contributed by atoms with E-state index in [9.17, 15) is 0 Å². The van der Waals surface area contributed by atoms with Crippen molar-refractivity contribution in [2.75, 3.05) is 6.61 Å². The molecule has 0 N–H and O–H groups in total. The molecule has 3 heterocycles. The topological polar surface area (TPSA) is 34.1 Å². The maximum Gasteiger partial charge on any atom is 0.203 e. The summed E-state index contributed by atoms with van der Waals surface area (Å²) in [6, 6.07) is 21.6. The first-order valence-corrected chi connectivity index (χ1v) is 11.7. The first kappa shape index (κ1) is 19.3. The SMILES string of the molecule is CC1(C)C[C@@]2(CCO1)Oc1ccc(Br)cc1[C@H]1CC(c3ccc4ccccc4c3)=NN12. The summed E-state index contributed by atoms with van der Waals surface area (Å²) in [5.41, 5.74) is 2.77. The minimum atomic E-state index is -0.480. The Labute approximate surface area is 191 Å². The van der Waals surface area contributed by atoms with Gasteiger partial charge in [-0.3, -0.25) is 0 Å². The number of hydrogen-bond acceptors (Lipinski definition) is 4. The molecular formula is C26H25BrN2O2. The standard InChI is InChI=1S/C26H25BrN2O2/c1-25(2)16-26(11-12-30-25)29-23(21-14-20(27)9-10-24(21)31-26)15-22(28-29)19-8-7-17-5-3-4-6-18(17)13-19/h3-10,13-14,23H,11-12,15-16H2,1-2H3/t23-,26-/m1/s1. The number of hydrogen-bond donors (Lipinski definition) is 0. The van der Waals surface area contributed by atoms with Crippen LogP contribution in [-0.4, -0.2) is 28.7 Å². The van der Waals surface area contributed by atoms with Crippen LogP contribution in [0.5, 0.6) is 5.75 Å². The van der Waals surface area contributed by atoms with Gasteiger partial charge in [0.25, 0.3) is 0 Å². The highest BCUT2D eigenvalue weighted by Gasteiger charge is 2.54. The van der Waals surface area contributed by atoms with Gasteiger partial charge < -0.3 is 9.47 Å². The summed E-state index contributed by atoms with van der Waals surface area (Å²) in [7, 11) is 0. The molecular weight excluding hydrogens is 452 g/mol. The highest BCUT2D eigenvalue weighted by Crippen LogP contribution is 2.52. The number of halogens is 1. The van der Waals surface area contributed by atoms with E-state index in [1.807, 2.05) is 0 Å². The van der Waals surface area contributed by atoms with Crippen molar-refractivity contribution in [2.24, 2.45) is 5.10 Å². The number of rotatable bonds is 1. The molecule has 158 valence electrons. The van der Waals surface area contributed by atoms with Gasteiger partial charge in [-0.25, -0.2) is 5.01 Å². The molecule has 6 rings (SSSR count). The van der Waals surface area contributed by atoms with E-state index < -0.39 is 5.72 Å². The lowest BCUT2D eigenvalue weighted by atomic mass is 9.86. The van der Waals surface area contributed by atoms with E-state index in [4.69, 9.17) is 14.6 Å². The van der Waals surface area contributed by atoms with Crippen molar-refractivity contribution >= 4 is 32.4 Å². The van der Waals surface area contributed by atoms with Gasteiger partial charge >= 0.3 is 0 Å². The molecule has 1 spiro atoms. The number of ether oxygens (including phenoxy) is 2. The lowest BCUT2D eigenvalue weighted by Crippen LogP contribution is -2.60. The Balaban J connectivity index is 1.47. The first-order chi connectivity index (χ1) is 14.9. The molecule has 4 nitrogen and oxygen atoms in total. The van der Waals surface area contributed by atoms with E-state index in [1.54, 1.807) is 0 Å². The van der Waals surface area contributed by atoms with Crippen LogP contribution in [0, 0.1) is 0 Å². The van der Waals surface area contributed by atoms with E-state index in [0.29, 0.717) is 6.61 Å². The van der Waals surface area contributed by atoms with Crippen LogP contribution in [0.3, 0.4) is 0 Å². The summed E-state index contributed by atoms with van der Waals surface area (Å²) in [6.45, 7) is 4.96. The molecule has 5 heteroatoms. The first-order valence-electron chi connectivity index (χ1n) is 10.9. The van der Waals surface area contributed by atoms with Crippen LogP contribution >= 0.6 is 15.9 Å². The Bertz CT molecular complexity index is 1220. The number of fused-ring (bicyclic) bond motifs is 5. The van der Waals surface area contributed by atoms with Crippen LogP contribution < -0.4 is 4.74 Å². The Hall–Kier alpha value is -2.37. The number of nitrogens with zero attached hydrogens (tertiary/aromatic N) is 2. The highest BCUT2D eigenvalue weighted by atomic mass is 79.9. The second-order valence-corrected chi connectivity index (χ2v) is 10.4. The fourth-order valence-corrected chi connectivity index (χ4v) is 5.75. The van der Waals surface area contributed by atoms with E-state index >= 15 is 0 Å². The largest absolute Gasteiger partial charge is 0.466 e. The van der Waals surface area contributed by atoms with Gasteiger partial charge in [-0.2, -0.15) is 5.10 Å². The normalized spacial score (nSPS) is 26.4. The molecule has 3 aliphatic heterocycles. The molecule has 31 heavy (non-hydrogen) atoms. The van der Waals surface area contributed by atoms with Gasteiger partial charge in [-0.15, -0.1) is 0 Å². The van der Waals surface area contributed by atoms with Gasteiger partial charge in [0.1, 0.15) is 5.75 Å². The Morgan fingerprint density at radius 1 is 1.03 bits per heavy atom. The summed E-state index contributed by atoms with van der Waals surface area (Å²) < 4.78 is 13.8. The minimum absolute atomic E-state index is 0.164. The molecule has 0 bridgehead atoms. The third kappa shape index (κ3) is 3.17. The third-order valence-corrected chi connectivity index (χ3v) is 7.22. The molecule has 0 radical (unpaired) electrons. The Morgan fingerprint density at radius 3 is 2.71 bits per heavy atom. The van der Waals surface area contributed by atoms with Crippen LogP contribution in [0.4, 0.5) is 0 Å². The van der Waals surface area contributed by atoms with Crippen molar-refractivity contribution in [2.45, 2.75) is 50.5 Å². The van der Waals surface area contributed by atoms with Crippen LogP contribution in [0.25, 0.3) is 10.8 Å². The Kier molecular flexibility index (Phi) is 4.25. The molecule has 1 fully saturated rings. The molecule has 0 aliphatic carbocycles. The minimum Gasteiger partial charge on any atom is -0.466 e. The summed E-state index contributed by atoms with van der Waals surface area (Å²) in [5.74, 6) is 0.970. The van der Waals surface area contributed by atoms with Crippen molar-refractivity contribution < 1.29 is 9.47 Å². The molecule has 3 aliphatic rings. The molecule has 3 aromatic rings. The summed E-state index contributed by atoms with van der Waals surface area (Å²) in [6.07, 6.45) is 2.45. The number of hydrazone groups is 1.